The number of hydrazine groups is 1. The van der Waals surface area contributed by atoms with Gasteiger partial charge in [-0.15, -0.1) is 11.8 Å². The summed E-state index contributed by atoms with van der Waals surface area (Å²) in [5.41, 5.74) is 5.50. The zero-order valence-corrected chi connectivity index (χ0v) is 14.7. The van der Waals surface area contributed by atoms with E-state index in [1.165, 1.54) is 16.0 Å². The van der Waals surface area contributed by atoms with Crippen LogP contribution in [0.1, 0.15) is 36.9 Å². The van der Waals surface area contributed by atoms with Crippen molar-refractivity contribution in [1.29, 1.82) is 0 Å². The highest BCUT2D eigenvalue weighted by Crippen LogP contribution is 2.26. The molecular weight excluding hydrogens is 344 g/mol. The van der Waals surface area contributed by atoms with Crippen LogP contribution in [0.4, 0.5) is 0 Å². The second-order valence-electron chi connectivity index (χ2n) is 5.31. The van der Waals surface area contributed by atoms with Crippen LogP contribution in [0, 0.1) is 0 Å². The largest absolute Gasteiger partial charge is 0.271 e. The van der Waals surface area contributed by atoms with Crippen molar-refractivity contribution in [2.24, 2.45) is 5.84 Å². The molecule has 0 fully saturated rings. The molecule has 0 spiro atoms. The highest BCUT2D eigenvalue weighted by molar-refractivity contribution is 9.10. The fraction of sp³-hybridized carbons (Fsp3) is 0.294. The van der Waals surface area contributed by atoms with Crippen LogP contribution in [0.15, 0.2) is 57.9 Å². The number of halogens is 1. The fourth-order valence-electron chi connectivity index (χ4n) is 2.06. The molecule has 1 unspecified atom stereocenters. The summed E-state index contributed by atoms with van der Waals surface area (Å²) < 4.78 is 1.10. The summed E-state index contributed by atoms with van der Waals surface area (Å²) >= 11 is 5.26. The summed E-state index contributed by atoms with van der Waals surface area (Å²) in [6, 6.07) is 17.2. The van der Waals surface area contributed by atoms with E-state index in [0.29, 0.717) is 5.92 Å². The van der Waals surface area contributed by atoms with E-state index in [-0.39, 0.29) is 6.04 Å². The Morgan fingerprint density at radius 1 is 1.00 bits per heavy atom. The third-order valence-electron chi connectivity index (χ3n) is 3.44. The predicted octanol–water partition coefficient (Wildman–Crippen LogP) is 4.87. The number of thioether (sulfide) groups is 1. The third-order valence-corrected chi connectivity index (χ3v) is 5.07. The molecule has 112 valence electrons. The number of hydrogen-bond acceptors (Lipinski definition) is 3. The lowest BCUT2D eigenvalue weighted by Gasteiger charge is -2.17. The van der Waals surface area contributed by atoms with Crippen molar-refractivity contribution in [3.63, 3.8) is 0 Å². The smallest absolute Gasteiger partial charge is 0.0553 e. The first-order valence-electron chi connectivity index (χ1n) is 7.04. The van der Waals surface area contributed by atoms with Crippen molar-refractivity contribution in [3.8, 4) is 0 Å². The van der Waals surface area contributed by atoms with E-state index in [1.54, 1.807) is 11.8 Å². The van der Waals surface area contributed by atoms with Crippen LogP contribution in [0.3, 0.4) is 0 Å². The van der Waals surface area contributed by atoms with Gasteiger partial charge in [0.2, 0.25) is 0 Å². The Hall–Kier alpha value is -0.810. The van der Waals surface area contributed by atoms with Gasteiger partial charge >= 0.3 is 0 Å². The van der Waals surface area contributed by atoms with Gasteiger partial charge in [0.25, 0.3) is 0 Å². The first kappa shape index (κ1) is 16.6. The lowest BCUT2D eigenvalue weighted by molar-refractivity contribution is 0.610. The van der Waals surface area contributed by atoms with E-state index in [9.17, 15) is 0 Å². The molecule has 0 radical (unpaired) electrons. The fourth-order valence-corrected chi connectivity index (χ4v) is 3.30. The molecule has 0 aliphatic heterocycles. The maximum atomic E-state index is 5.72. The molecule has 0 aliphatic rings. The highest BCUT2D eigenvalue weighted by Gasteiger charge is 2.10. The number of nitrogens with one attached hydrogen (secondary N) is 1. The Kier molecular flexibility index (Phi) is 6.30. The number of benzene rings is 2. The van der Waals surface area contributed by atoms with Crippen LogP contribution in [0.2, 0.25) is 0 Å². The van der Waals surface area contributed by atoms with Crippen LogP contribution in [0.25, 0.3) is 0 Å². The predicted molar refractivity (Wildman–Crippen MR) is 95.5 cm³/mol. The molecular formula is C17H21BrN2S. The average molecular weight is 365 g/mol. The van der Waals surface area contributed by atoms with Gasteiger partial charge in [0, 0.05) is 15.1 Å². The van der Waals surface area contributed by atoms with Crippen molar-refractivity contribution in [3.05, 3.63) is 64.1 Å². The first-order chi connectivity index (χ1) is 10.1. The molecule has 2 rings (SSSR count). The number of rotatable bonds is 6. The van der Waals surface area contributed by atoms with Crippen molar-refractivity contribution in [1.82, 2.24) is 5.43 Å². The molecule has 0 saturated heterocycles. The Morgan fingerprint density at radius 2 is 1.57 bits per heavy atom. The molecule has 4 heteroatoms. The average Bonchev–Trinajstić information content (AvgIpc) is 2.50. The lowest BCUT2D eigenvalue weighted by Crippen LogP contribution is -2.29. The zero-order chi connectivity index (χ0) is 15.2. The quantitative estimate of drug-likeness (QED) is 0.436. The molecule has 2 aromatic rings. The minimum atomic E-state index is 0.153. The Labute approximate surface area is 139 Å². The molecule has 3 N–H and O–H groups in total. The standard InChI is InChI=1S/C17H21BrN2S/c1-12(2)13-3-5-14(6-4-13)17(20-19)11-21-16-9-7-15(18)8-10-16/h3-10,12,17,20H,11,19H2,1-2H3. The van der Waals surface area contributed by atoms with Crippen molar-refractivity contribution < 1.29 is 0 Å². The van der Waals surface area contributed by atoms with E-state index in [0.717, 1.165) is 10.2 Å². The van der Waals surface area contributed by atoms with E-state index in [4.69, 9.17) is 5.84 Å². The van der Waals surface area contributed by atoms with E-state index < -0.39 is 0 Å². The third kappa shape index (κ3) is 4.85. The highest BCUT2D eigenvalue weighted by atomic mass is 79.9. The van der Waals surface area contributed by atoms with Crippen molar-refractivity contribution in [2.45, 2.75) is 30.7 Å². The SMILES string of the molecule is CC(C)c1ccc(C(CSc2ccc(Br)cc2)NN)cc1. The van der Waals surface area contributed by atoms with E-state index in [2.05, 4.69) is 83.7 Å². The van der Waals surface area contributed by atoms with Crippen molar-refractivity contribution >= 4 is 27.7 Å². The van der Waals surface area contributed by atoms with Gasteiger partial charge in [0.05, 0.1) is 6.04 Å². The molecule has 2 aromatic carbocycles. The summed E-state index contributed by atoms with van der Waals surface area (Å²) in [6.07, 6.45) is 0. The molecule has 0 saturated carbocycles. The molecule has 0 aromatic heterocycles. The Bertz CT molecular complexity index is 552. The van der Waals surface area contributed by atoms with Crippen LogP contribution in [0.5, 0.6) is 0 Å². The monoisotopic (exact) mass is 364 g/mol. The topological polar surface area (TPSA) is 38.0 Å². The van der Waals surface area contributed by atoms with Gasteiger partial charge in [-0.3, -0.25) is 11.3 Å². The molecule has 2 nitrogen and oxygen atoms in total. The molecule has 0 heterocycles. The second kappa shape index (κ2) is 7.99. The molecule has 1 atom stereocenters. The molecule has 0 bridgehead atoms. The Balaban J connectivity index is 2.00. The molecule has 0 amide bonds. The van der Waals surface area contributed by atoms with Crippen LogP contribution < -0.4 is 11.3 Å². The number of nitrogens with two attached hydrogens (primary N) is 1. The van der Waals surface area contributed by atoms with Gasteiger partial charge < -0.3 is 0 Å². The summed E-state index contributed by atoms with van der Waals surface area (Å²) in [4.78, 5) is 1.25. The molecule has 21 heavy (non-hydrogen) atoms. The normalized spacial score (nSPS) is 12.6. The van der Waals surface area contributed by atoms with Gasteiger partial charge in [0.15, 0.2) is 0 Å². The van der Waals surface area contributed by atoms with Crippen LogP contribution in [-0.2, 0) is 0 Å². The van der Waals surface area contributed by atoms with Crippen LogP contribution >= 0.6 is 27.7 Å². The minimum Gasteiger partial charge on any atom is -0.271 e. The number of hydrogen-bond donors (Lipinski definition) is 2. The minimum absolute atomic E-state index is 0.153. The van der Waals surface area contributed by atoms with Gasteiger partial charge in [-0.05, 0) is 41.3 Å². The lowest BCUT2D eigenvalue weighted by atomic mass is 10.00. The maximum absolute atomic E-state index is 5.72. The summed E-state index contributed by atoms with van der Waals surface area (Å²) in [7, 11) is 0. The van der Waals surface area contributed by atoms with Crippen LogP contribution in [-0.4, -0.2) is 5.75 Å². The molecule has 0 aliphatic carbocycles. The summed E-state index contributed by atoms with van der Waals surface area (Å²) in [5, 5.41) is 0. The van der Waals surface area contributed by atoms with Gasteiger partial charge in [-0.1, -0.05) is 54.0 Å². The van der Waals surface area contributed by atoms with Gasteiger partial charge in [-0.2, -0.15) is 0 Å². The summed E-state index contributed by atoms with van der Waals surface area (Å²) in [5.74, 6) is 7.18. The second-order valence-corrected chi connectivity index (χ2v) is 7.31. The maximum Gasteiger partial charge on any atom is 0.0553 e. The zero-order valence-electron chi connectivity index (χ0n) is 12.3. The summed E-state index contributed by atoms with van der Waals surface area (Å²) in [6.45, 7) is 4.41. The van der Waals surface area contributed by atoms with Gasteiger partial charge in [-0.25, -0.2) is 0 Å². The van der Waals surface area contributed by atoms with Gasteiger partial charge in [0.1, 0.15) is 0 Å². The van der Waals surface area contributed by atoms with Crippen molar-refractivity contribution in [2.75, 3.05) is 5.75 Å². The first-order valence-corrected chi connectivity index (χ1v) is 8.82. The van der Waals surface area contributed by atoms with E-state index in [1.807, 2.05) is 0 Å². The van der Waals surface area contributed by atoms with E-state index >= 15 is 0 Å². The Morgan fingerprint density at radius 3 is 2.10 bits per heavy atom.